The van der Waals surface area contributed by atoms with Crippen LogP contribution in [0.3, 0.4) is 0 Å². The smallest absolute Gasteiger partial charge is 0.276 e. The molecule has 2 aliphatic rings. The number of carbonyl (C=O) groups is 1. The second-order valence-electron chi connectivity index (χ2n) is 7.14. The summed E-state index contributed by atoms with van der Waals surface area (Å²) < 4.78 is 16.4. The Kier molecular flexibility index (Phi) is 4.35. The van der Waals surface area contributed by atoms with E-state index in [-0.39, 0.29) is 11.3 Å². The van der Waals surface area contributed by atoms with Gasteiger partial charge in [0.05, 0.1) is 26.0 Å². The molecule has 0 bridgehead atoms. The van der Waals surface area contributed by atoms with E-state index in [1.165, 1.54) is 0 Å². The number of ether oxygens (including phenoxy) is 1. The van der Waals surface area contributed by atoms with Crippen molar-refractivity contribution in [2.45, 2.75) is 19.9 Å². The van der Waals surface area contributed by atoms with Crippen molar-refractivity contribution < 1.29 is 18.5 Å². The van der Waals surface area contributed by atoms with Gasteiger partial charge in [-0.15, -0.1) is 0 Å². The van der Waals surface area contributed by atoms with Crippen LogP contribution in [0.2, 0.25) is 0 Å². The maximum Gasteiger partial charge on any atom is 0.276 e. The lowest BCUT2D eigenvalue weighted by Gasteiger charge is -2.31. The Morgan fingerprint density at radius 2 is 2.28 bits per heavy atom. The number of amides is 1. The summed E-state index contributed by atoms with van der Waals surface area (Å²) in [6.07, 6.45) is 2.71. The third kappa shape index (κ3) is 3.48. The summed E-state index contributed by atoms with van der Waals surface area (Å²) >= 11 is 0. The number of nitrogens with zero attached hydrogens (tertiary/aromatic N) is 3. The van der Waals surface area contributed by atoms with E-state index in [1.54, 1.807) is 19.3 Å². The largest absolute Gasteiger partial charge is 0.468 e. The van der Waals surface area contributed by atoms with Gasteiger partial charge in [0.1, 0.15) is 11.5 Å². The summed E-state index contributed by atoms with van der Waals surface area (Å²) in [6.45, 7) is 6.98. The van der Waals surface area contributed by atoms with E-state index in [0.717, 1.165) is 31.8 Å². The first-order chi connectivity index (χ1) is 12.1. The molecule has 0 aliphatic carbocycles. The highest BCUT2D eigenvalue weighted by molar-refractivity contribution is 5.92. The van der Waals surface area contributed by atoms with Crippen molar-refractivity contribution in [3.63, 3.8) is 0 Å². The van der Waals surface area contributed by atoms with Gasteiger partial charge in [-0.3, -0.25) is 9.69 Å². The molecule has 1 spiro atoms. The number of rotatable bonds is 3. The first kappa shape index (κ1) is 16.4. The predicted molar refractivity (Wildman–Crippen MR) is 89.0 cm³/mol. The van der Waals surface area contributed by atoms with Crippen molar-refractivity contribution in [3.8, 4) is 0 Å². The summed E-state index contributed by atoms with van der Waals surface area (Å²) in [6, 6.07) is 5.60. The van der Waals surface area contributed by atoms with Crippen molar-refractivity contribution in [3.05, 3.63) is 41.7 Å². The van der Waals surface area contributed by atoms with Gasteiger partial charge >= 0.3 is 0 Å². The number of aromatic nitrogens is 1. The third-order valence-electron chi connectivity index (χ3n) is 5.05. The topological polar surface area (TPSA) is 72.0 Å². The van der Waals surface area contributed by atoms with Crippen molar-refractivity contribution in [1.29, 1.82) is 0 Å². The Bertz CT molecular complexity index is 727. The summed E-state index contributed by atoms with van der Waals surface area (Å²) in [5.41, 5.74) is 0.345. The van der Waals surface area contributed by atoms with Crippen molar-refractivity contribution in [2.24, 2.45) is 5.41 Å². The van der Waals surface area contributed by atoms with Crippen LogP contribution >= 0.6 is 0 Å². The van der Waals surface area contributed by atoms with Crippen LogP contribution in [0.5, 0.6) is 0 Å². The van der Waals surface area contributed by atoms with E-state index in [4.69, 9.17) is 13.7 Å². The molecule has 0 N–H and O–H groups in total. The molecule has 2 saturated heterocycles. The van der Waals surface area contributed by atoms with Crippen molar-refractivity contribution >= 4 is 5.91 Å². The van der Waals surface area contributed by atoms with Gasteiger partial charge in [0, 0.05) is 31.1 Å². The Morgan fingerprint density at radius 1 is 1.36 bits per heavy atom. The molecule has 7 heteroatoms. The molecule has 25 heavy (non-hydrogen) atoms. The number of hydrogen-bond acceptors (Lipinski definition) is 6. The van der Waals surface area contributed by atoms with Gasteiger partial charge in [-0.25, -0.2) is 0 Å². The molecule has 0 radical (unpaired) electrons. The zero-order chi connectivity index (χ0) is 17.3. The number of likely N-dealkylation sites (tertiary alicyclic amines) is 1. The van der Waals surface area contributed by atoms with Crippen molar-refractivity contribution in [2.75, 3.05) is 39.4 Å². The fraction of sp³-hybridized carbons (Fsp3) is 0.556. The van der Waals surface area contributed by atoms with E-state index < -0.39 is 0 Å². The second-order valence-corrected chi connectivity index (χ2v) is 7.14. The Balaban J connectivity index is 1.45. The van der Waals surface area contributed by atoms with Crippen LogP contribution in [-0.4, -0.2) is 60.3 Å². The average molecular weight is 345 g/mol. The maximum atomic E-state index is 12.8. The first-order valence-corrected chi connectivity index (χ1v) is 8.69. The lowest BCUT2D eigenvalue weighted by Crippen LogP contribution is -2.43. The van der Waals surface area contributed by atoms with E-state index >= 15 is 0 Å². The summed E-state index contributed by atoms with van der Waals surface area (Å²) in [4.78, 5) is 17.0. The third-order valence-corrected chi connectivity index (χ3v) is 5.05. The molecule has 134 valence electrons. The molecule has 1 amide bonds. The minimum atomic E-state index is -0.0776. The Morgan fingerprint density at radius 3 is 3.04 bits per heavy atom. The van der Waals surface area contributed by atoms with E-state index in [2.05, 4.69) is 10.1 Å². The first-order valence-electron chi connectivity index (χ1n) is 8.69. The molecule has 0 saturated carbocycles. The lowest BCUT2D eigenvalue weighted by molar-refractivity contribution is 0.0635. The number of aryl methyl sites for hydroxylation is 1. The molecule has 2 fully saturated rings. The molecule has 2 aromatic heterocycles. The minimum Gasteiger partial charge on any atom is -0.468 e. The molecule has 4 heterocycles. The van der Waals surface area contributed by atoms with Gasteiger partial charge in [0.25, 0.3) is 5.91 Å². The van der Waals surface area contributed by atoms with E-state index in [9.17, 15) is 4.79 Å². The number of furan rings is 1. The quantitative estimate of drug-likeness (QED) is 0.847. The SMILES string of the molecule is Cc1cc(C(=O)N2CCOCC3(CCN(Cc4ccco4)C3)C2)no1. The standard InChI is InChI=1S/C18H23N3O4/c1-14-9-16(19-25-14)17(22)21-6-8-23-13-18(12-21)4-5-20(11-18)10-15-3-2-7-24-15/h2-3,7,9H,4-6,8,10-13H2,1H3. The highest BCUT2D eigenvalue weighted by atomic mass is 16.5. The fourth-order valence-corrected chi connectivity index (χ4v) is 3.83. The number of carbonyl (C=O) groups excluding carboxylic acids is 1. The summed E-state index contributed by atoms with van der Waals surface area (Å²) in [7, 11) is 0. The van der Waals surface area contributed by atoms with E-state index in [1.807, 2.05) is 17.0 Å². The Labute approximate surface area is 146 Å². The highest BCUT2D eigenvalue weighted by Crippen LogP contribution is 2.34. The van der Waals surface area contributed by atoms with Crippen LogP contribution in [0.1, 0.15) is 28.4 Å². The van der Waals surface area contributed by atoms with Gasteiger partial charge in [-0.05, 0) is 32.0 Å². The molecule has 0 aromatic carbocycles. The van der Waals surface area contributed by atoms with Crippen LogP contribution in [0.25, 0.3) is 0 Å². The second kappa shape index (κ2) is 6.65. The molecular formula is C18H23N3O4. The highest BCUT2D eigenvalue weighted by Gasteiger charge is 2.42. The molecule has 4 rings (SSSR count). The monoisotopic (exact) mass is 345 g/mol. The minimum absolute atomic E-state index is 0.0302. The van der Waals surface area contributed by atoms with Gasteiger partial charge in [-0.1, -0.05) is 5.16 Å². The predicted octanol–water partition coefficient (Wildman–Crippen LogP) is 1.94. The number of hydrogen-bond donors (Lipinski definition) is 0. The summed E-state index contributed by atoms with van der Waals surface area (Å²) in [5, 5.41) is 3.87. The van der Waals surface area contributed by atoms with Crippen LogP contribution < -0.4 is 0 Å². The van der Waals surface area contributed by atoms with Crippen LogP contribution in [0.15, 0.2) is 33.4 Å². The molecule has 2 aromatic rings. The van der Waals surface area contributed by atoms with Gasteiger partial charge in [-0.2, -0.15) is 0 Å². The fourth-order valence-electron chi connectivity index (χ4n) is 3.83. The summed E-state index contributed by atoms with van der Waals surface area (Å²) in [5.74, 6) is 1.54. The average Bonchev–Trinajstić information content (AvgIpc) is 3.30. The lowest BCUT2D eigenvalue weighted by atomic mass is 9.87. The van der Waals surface area contributed by atoms with E-state index in [0.29, 0.717) is 37.8 Å². The van der Waals surface area contributed by atoms with Gasteiger partial charge < -0.3 is 18.6 Å². The van der Waals surface area contributed by atoms with Crippen LogP contribution in [-0.2, 0) is 11.3 Å². The van der Waals surface area contributed by atoms with Crippen molar-refractivity contribution in [1.82, 2.24) is 15.0 Å². The van der Waals surface area contributed by atoms with Gasteiger partial charge in [0.2, 0.25) is 0 Å². The molecule has 1 atom stereocenters. The molecule has 1 unspecified atom stereocenters. The molecular weight excluding hydrogens is 322 g/mol. The maximum absolute atomic E-state index is 12.8. The normalized spacial score (nSPS) is 24.8. The zero-order valence-electron chi connectivity index (χ0n) is 14.4. The Hall–Kier alpha value is -2.12. The van der Waals surface area contributed by atoms with Gasteiger partial charge in [0.15, 0.2) is 5.69 Å². The van der Waals surface area contributed by atoms with Crippen LogP contribution in [0.4, 0.5) is 0 Å². The molecule has 2 aliphatic heterocycles. The van der Waals surface area contributed by atoms with Crippen LogP contribution in [0, 0.1) is 12.3 Å². The molecule has 7 nitrogen and oxygen atoms in total. The zero-order valence-corrected chi connectivity index (χ0v) is 14.4.